The van der Waals surface area contributed by atoms with Gasteiger partial charge < -0.3 is 4.90 Å². The molecule has 8 nitrogen and oxygen atoms in total. The van der Waals surface area contributed by atoms with E-state index in [9.17, 15) is 13.6 Å². The first-order valence-electron chi connectivity index (χ1n) is 8.37. The molecular weight excluding hydrogens is 344 g/mol. The van der Waals surface area contributed by atoms with Crippen molar-refractivity contribution < 1.29 is 8.78 Å². The summed E-state index contributed by atoms with van der Waals surface area (Å²) in [5.74, 6) is 1.15. The van der Waals surface area contributed by atoms with Crippen LogP contribution in [0.3, 0.4) is 0 Å². The highest BCUT2D eigenvalue weighted by Crippen LogP contribution is 2.23. The van der Waals surface area contributed by atoms with Crippen LogP contribution in [-0.2, 0) is 6.54 Å². The molecule has 0 saturated carbocycles. The Balaban J connectivity index is 1.40. The molecule has 0 N–H and O–H groups in total. The summed E-state index contributed by atoms with van der Waals surface area (Å²) in [5.41, 5.74) is -0.211. The largest absolute Gasteiger partial charge is 0.355 e. The van der Waals surface area contributed by atoms with E-state index < -0.39 is 17.7 Å². The van der Waals surface area contributed by atoms with Crippen molar-refractivity contribution >= 4 is 11.5 Å². The average molecular weight is 361 g/mol. The van der Waals surface area contributed by atoms with E-state index in [2.05, 4.69) is 25.2 Å². The lowest BCUT2D eigenvalue weighted by molar-refractivity contribution is 0.145. The maximum absolute atomic E-state index is 12.6. The van der Waals surface area contributed by atoms with Gasteiger partial charge in [0.05, 0.1) is 6.33 Å². The molecule has 10 heteroatoms. The van der Waals surface area contributed by atoms with Gasteiger partial charge in [0.2, 0.25) is 0 Å². The standard InChI is InChI=1S/C16H17F2N7O/c17-16(18)12-7-15(26)24(9-19-12)8-11-3-5-23(6-4-11)14-2-1-13-21-20-10-25(13)22-14/h1-2,7,9-11,16H,3-6,8H2. The van der Waals surface area contributed by atoms with E-state index in [0.29, 0.717) is 18.1 Å². The minimum Gasteiger partial charge on any atom is -0.355 e. The summed E-state index contributed by atoms with van der Waals surface area (Å²) in [6.45, 7) is 2.10. The highest BCUT2D eigenvalue weighted by atomic mass is 19.3. The summed E-state index contributed by atoms with van der Waals surface area (Å²) < 4.78 is 28.2. The number of hydrogen-bond acceptors (Lipinski definition) is 6. The van der Waals surface area contributed by atoms with Crippen molar-refractivity contribution in [1.29, 1.82) is 0 Å². The number of fused-ring (bicyclic) bond motifs is 1. The van der Waals surface area contributed by atoms with Gasteiger partial charge in [-0.2, -0.15) is 4.52 Å². The van der Waals surface area contributed by atoms with Crippen molar-refractivity contribution in [2.75, 3.05) is 18.0 Å². The molecule has 0 aliphatic carbocycles. The molecule has 1 aliphatic rings. The molecule has 0 spiro atoms. The summed E-state index contributed by atoms with van der Waals surface area (Å²) in [6.07, 6.45) is 1.82. The molecule has 0 unspecified atom stereocenters. The lowest BCUT2D eigenvalue weighted by Gasteiger charge is -2.32. The number of hydrogen-bond donors (Lipinski definition) is 0. The number of piperidine rings is 1. The highest BCUT2D eigenvalue weighted by Gasteiger charge is 2.21. The Morgan fingerprint density at radius 3 is 2.73 bits per heavy atom. The first kappa shape index (κ1) is 16.6. The van der Waals surface area contributed by atoms with E-state index in [1.807, 2.05) is 12.1 Å². The second-order valence-corrected chi connectivity index (χ2v) is 6.36. The van der Waals surface area contributed by atoms with Gasteiger partial charge in [-0.1, -0.05) is 0 Å². The summed E-state index contributed by atoms with van der Waals surface area (Å²) in [6, 6.07) is 4.71. The maximum Gasteiger partial charge on any atom is 0.280 e. The number of alkyl halides is 2. The predicted molar refractivity (Wildman–Crippen MR) is 89.2 cm³/mol. The molecule has 3 aromatic heterocycles. The van der Waals surface area contributed by atoms with Crippen molar-refractivity contribution in [2.24, 2.45) is 5.92 Å². The first-order valence-corrected chi connectivity index (χ1v) is 8.37. The van der Waals surface area contributed by atoms with Gasteiger partial charge in [0.1, 0.15) is 17.8 Å². The van der Waals surface area contributed by atoms with Gasteiger partial charge in [-0.15, -0.1) is 15.3 Å². The number of nitrogens with zero attached hydrogens (tertiary/aromatic N) is 7. The van der Waals surface area contributed by atoms with Crippen LogP contribution in [0, 0.1) is 5.92 Å². The van der Waals surface area contributed by atoms with E-state index in [1.165, 1.54) is 10.9 Å². The number of anilines is 1. The predicted octanol–water partition coefficient (Wildman–Crippen LogP) is 1.54. The molecule has 4 rings (SSSR count). The van der Waals surface area contributed by atoms with Crippen molar-refractivity contribution in [1.82, 2.24) is 29.4 Å². The maximum atomic E-state index is 12.6. The minimum absolute atomic E-state index is 0.293. The number of halogens is 2. The molecule has 0 atom stereocenters. The van der Waals surface area contributed by atoms with Crippen molar-refractivity contribution in [2.45, 2.75) is 25.8 Å². The zero-order chi connectivity index (χ0) is 18.1. The Morgan fingerprint density at radius 2 is 2.00 bits per heavy atom. The van der Waals surface area contributed by atoms with Gasteiger partial charge in [0.15, 0.2) is 5.65 Å². The zero-order valence-corrected chi connectivity index (χ0v) is 13.9. The third-order valence-electron chi connectivity index (χ3n) is 4.67. The molecule has 1 aliphatic heterocycles. The lowest BCUT2D eigenvalue weighted by Crippen LogP contribution is -2.37. The monoisotopic (exact) mass is 361 g/mol. The summed E-state index contributed by atoms with van der Waals surface area (Å²) >= 11 is 0. The van der Waals surface area contributed by atoms with Crippen molar-refractivity contribution in [3.63, 3.8) is 0 Å². The quantitative estimate of drug-likeness (QED) is 0.701. The molecule has 26 heavy (non-hydrogen) atoms. The van der Waals surface area contributed by atoms with Crippen LogP contribution >= 0.6 is 0 Å². The molecule has 0 bridgehead atoms. The SMILES string of the molecule is O=c1cc(C(F)F)ncn1CC1CCN(c2ccc3nncn3n2)CC1. The third-order valence-corrected chi connectivity index (χ3v) is 4.67. The lowest BCUT2D eigenvalue weighted by atomic mass is 9.96. The molecular formula is C16H17F2N7O. The Morgan fingerprint density at radius 1 is 1.19 bits per heavy atom. The van der Waals surface area contributed by atoms with E-state index in [4.69, 9.17) is 0 Å². The van der Waals surface area contributed by atoms with Crippen LogP contribution in [0.1, 0.15) is 25.0 Å². The Hall–Kier alpha value is -2.91. The normalized spacial score (nSPS) is 15.9. The summed E-state index contributed by atoms with van der Waals surface area (Å²) in [7, 11) is 0. The topological polar surface area (TPSA) is 81.2 Å². The van der Waals surface area contributed by atoms with Crippen LogP contribution in [0.4, 0.5) is 14.6 Å². The molecule has 3 aromatic rings. The Labute approximate surface area is 147 Å². The Kier molecular flexibility index (Phi) is 4.31. The second kappa shape index (κ2) is 6.77. The molecule has 0 radical (unpaired) electrons. The summed E-state index contributed by atoms with van der Waals surface area (Å²) in [5, 5.41) is 12.2. The molecule has 1 fully saturated rings. The van der Waals surface area contributed by atoms with Crippen LogP contribution in [-0.4, -0.2) is 42.5 Å². The van der Waals surface area contributed by atoms with E-state index in [0.717, 1.165) is 37.8 Å². The average Bonchev–Trinajstić information content (AvgIpc) is 3.11. The third kappa shape index (κ3) is 3.26. The fourth-order valence-corrected chi connectivity index (χ4v) is 3.21. The molecule has 136 valence electrons. The Bertz CT molecular complexity index is 962. The van der Waals surface area contributed by atoms with Gasteiger partial charge in [0.25, 0.3) is 12.0 Å². The van der Waals surface area contributed by atoms with Gasteiger partial charge in [-0.25, -0.2) is 13.8 Å². The second-order valence-electron chi connectivity index (χ2n) is 6.36. The van der Waals surface area contributed by atoms with Gasteiger partial charge in [-0.3, -0.25) is 9.36 Å². The highest BCUT2D eigenvalue weighted by molar-refractivity contribution is 5.45. The molecule has 1 saturated heterocycles. The van der Waals surface area contributed by atoms with Gasteiger partial charge >= 0.3 is 0 Å². The number of aromatic nitrogens is 6. The fraction of sp³-hybridized carbons (Fsp3) is 0.438. The van der Waals surface area contributed by atoms with Crippen LogP contribution in [0.5, 0.6) is 0 Å². The van der Waals surface area contributed by atoms with Crippen LogP contribution in [0.25, 0.3) is 5.65 Å². The molecule has 0 amide bonds. The minimum atomic E-state index is -2.73. The number of rotatable bonds is 4. The van der Waals surface area contributed by atoms with Crippen molar-refractivity contribution in [3.8, 4) is 0 Å². The van der Waals surface area contributed by atoms with Gasteiger partial charge in [0, 0.05) is 25.7 Å². The fourth-order valence-electron chi connectivity index (χ4n) is 3.21. The first-order chi connectivity index (χ1) is 12.6. The molecule has 4 heterocycles. The zero-order valence-electron chi connectivity index (χ0n) is 13.9. The van der Waals surface area contributed by atoms with E-state index in [1.54, 1.807) is 10.8 Å². The van der Waals surface area contributed by atoms with E-state index >= 15 is 0 Å². The van der Waals surface area contributed by atoms with Gasteiger partial charge in [-0.05, 0) is 30.9 Å². The van der Waals surface area contributed by atoms with E-state index in [-0.39, 0.29) is 0 Å². The molecule has 0 aromatic carbocycles. The van der Waals surface area contributed by atoms with Crippen LogP contribution < -0.4 is 10.5 Å². The van der Waals surface area contributed by atoms with Crippen molar-refractivity contribution in [3.05, 3.63) is 46.9 Å². The smallest absolute Gasteiger partial charge is 0.280 e. The van der Waals surface area contributed by atoms with Crippen LogP contribution in [0.15, 0.2) is 35.6 Å². The summed E-state index contributed by atoms with van der Waals surface area (Å²) in [4.78, 5) is 17.8. The van der Waals surface area contributed by atoms with Crippen LogP contribution in [0.2, 0.25) is 0 Å².